The summed E-state index contributed by atoms with van der Waals surface area (Å²) in [5, 5.41) is 5.21. The summed E-state index contributed by atoms with van der Waals surface area (Å²) in [6.45, 7) is 3.47. The van der Waals surface area contributed by atoms with Gasteiger partial charge in [-0.1, -0.05) is 0 Å². The normalized spacial score (nSPS) is 12.0. The van der Waals surface area contributed by atoms with Gasteiger partial charge in [-0.25, -0.2) is 14.4 Å². The Morgan fingerprint density at radius 3 is 2.80 bits per heavy atom. The van der Waals surface area contributed by atoms with E-state index in [-0.39, 0.29) is 11.4 Å². The second kappa shape index (κ2) is 5.68. The monoisotopic (exact) mass is 278 g/mol. The number of pyridine rings is 1. The minimum Gasteiger partial charge on any atom is -0.444 e. The molecular weight excluding hydrogens is 263 g/mol. The molecule has 0 radical (unpaired) electrons. The molecule has 0 spiro atoms. The molecule has 6 nitrogen and oxygen atoms in total. The van der Waals surface area contributed by atoms with Crippen molar-refractivity contribution in [1.29, 1.82) is 0 Å². The molecule has 106 valence electrons. The number of hydrogen-bond donors (Lipinski definition) is 2. The molecule has 0 aliphatic rings. The lowest BCUT2D eigenvalue weighted by Gasteiger charge is -2.11. The summed E-state index contributed by atoms with van der Waals surface area (Å²) in [5.74, 6) is -0.196. The first-order chi connectivity index (χ1) is 9.52. The summed E-state index contributed by atoms with van der Waals surface area (Å²) in [4.78, 5) is 19.9. The molecule has 2 heterocycles. The zero-order valence-electron chi connectivity index (χ0n) is 11.4. The summed E-state index contributed by atoms with van der Waals surface area (Å²) < 4.78 is 19.3. The van der Waals surface area contributed by atoms with Crippen LogP contribution in [0.4, 0.5) is 10.2 Å². The second-order valence-corrected chi connectivity index (χ2v) is 4.28. The van der Waals surface area contributed by atoms with E-state index < -0.39 is 17.8 Å². The summed E-state index contributed by atoms with van der Waals surface area (Å²) in [6.07, 6.45) is 2.92. The predicted molar refractivity (Wildman–Crippen MR) is 70.9 cm³/mol. The molecule has 20 heavy (non-hydrogen) atoms. The van der Waals surface area contributed by atoms with Crippen LogP contribution in [0.1, 0.15) is 35.0 Å². The predicted octanol–water partition coefficient (Wildman–Crippen LogP) is 2.05. The highest BCUT2D eigenvalue weighted by molar-refractivity contribution is 5.95. The van der Waals surface area contributed by atoms with Crippen molar-refractivity contribution in [1.82, 2.24) is 15.3 Å². The topological polar surface area (TPSA) is 80.0 Å². The number of amides is 1. The molecule has 1 atom stereocenters. The Labute approximate surface area is 115 Å². The van der Waals surface area contributed by atoms with Crippen LogP contribution >= 0.6 is 0 Å². The Bertz CT molecular complexity index is 627. The van der Waals surface area contributed by atoms with E-state index in [1.165, 1.54) is 19.3 Å². The number of aromatic nitrogens is 2. The fraction of sp³-hybridized carbons (Fsp3) is 0.308. The quantitative estimate of drug-likeness (QED) is 0.894. The molecular formula is C13H15FN4O2. The average molecular weight is 278 g/mol. The maximum absolute atomic E-state index is 14.0. The largest absolute Gasteiger partial charge is 0.444 e. The van der Waals surface area contributed by atoms with Gasteiger partial charge in [-0.2, -0.15) is 0 Å². The van der Waals surface area contributed by atoms with E-state index in [2.05, 4.69) is 20.6 Å². The third kappa shape index (κ3) is 2.76. The molecule has 1 unspecified atom stereocenters. The average Bonchev–Trinajstić information content (AvgIpc) is 2.85. The maximum Gasteiger partial charge on any atom is 0.255 e. The Morgan fingerprint density at radius 1 is 1.45 bits per heavy atom. The Kier molecular flexibility index (Phi) is 3.97. The Balaban J connectivity index is 2.16. The summed E-state index contributed by atoms with van der Waals surface area (Å²) >= 11 is 0. The second-order valence-electron chi connectivity index (χ2n) is 4.28. The van der Waals surface area contributed by atoms with E-state index in [9.17, 15) is 9.18 Å². The molecule has 1 amide bonds. The standard InChI is InChI=1S/C13H15FN4O2/c1-7-6-17-13(20-7)8(2)18-12(19)9-4-5-16-11(15-3)10(9)14/h4-6,8H,1-3H3,(H,15,16)(H,18,19). The first-order valence-electron chi connectivity index (χ1n) is 6.08. The number of carbonyl (C=O) groups is 1. The molecule has 2 N–H and O–H groups in total. The van der Waals surface area contributed by atoms with Crippen LogP contribution in [0.3, 0.4) is 0 Å². The summed E-state index contributed by atoms with van der Waals surface area (Å²) in [7, 11) is 1.53. The molecule has 7 heteroatoms. The first-order valence-corrected chi connectivity index (χ1v) is 6.08. The fourth-order valence-electron chi connectivity index (χ4n) is 1.70. The summed E-state index contributed by atoms with van der Waals surface area (Å²) in [5.41, 5.74) is -0.0838. The van der Waals surface area contributed by atoms with Gasteiger partial charge >= 0.3 is 0 Å². The smallest absolute Gasteiger partial charge is 0.255 e. The van der Waals surface area contributed by atoms with Gasteiger partial charge in [-0.3, -0.25) is 4.79 Å². The molecule has 2 rings (SSSR count). The first kappa shape index (κ1) is 14.0. The number of hydrogen-bond acceptors (Lipinski definition) is 5. The molecule has 0 saturated heterocycles. The fourth-order valence-corrected chi connectivity index (χ4v) is 1.70. The van der Waals surface area contributed by atoms with Gasteiger partial charge in [0.05, 0.1) is 11.8 Å². The van der Waals surface area contributed by atoms with Gasteiger partial charge in [0, 0.05) is 13.2 Å². The highest BCUT2D eigenvalue weighted by Gasteiger charge is 2.19. The molecule has 0 aliphatic heterocycles. The van der Waals surface area contributed by atoms with Crippen LogP contribution in [0.5, 0.6) is 0 Å². The van der Waals surface area contributed by atoms with Gasteiger partial charge in [0.15, 0.2) is 11.6 Å². The molecule has 2 aromatic rings. The van der Waals surface area contributed by atoms with E-state index in [0.29, 0.717) is 11.7 Å². The number of nitrogens with one attached hydrogen (secondary N) is 2. The third-order valence-electron chi connectivity index (χ3n) is 2.73. The van der Waals surface area contributed by atoms with Gasteiger partial charge in [-0.15, -0.1) is 0 Å². The number of oxazole rings is 1. The van der Waals surface area contributed by atoms with Gasteiger partial charge in [0.1, 0.15) is 11.8 Å². The number of aryl methyl sites for hydroxylation is 1. The molecule has 0 fully saturated rings. The van der Waals surface area contributed by atoms with E-state index in [4.69, 9.17) is 4.42 Å². The van der Waals surface area contributed by atoms with Crippen molar-refractivity contribution in [2.75, 3.05) is 12.4 Å². The number of rotatable bonds is 4. The highest BCUT2D eigenvalue weighted by atomic mass is 19.1. The maximum atomic E-state index is 14.0. The number of nitrogens with zero attached hydrogens (tertiary/aromatic N) is 2. The lowest BCUT2D eigenvalue weighted by molar-refractivity contribution is 0.0929. The van der Waals surface area contributed by atoms with Gasteiger partial charge in [0.2, 0.25) is 5.89 Å². The van der Waals surface area contributed by atoms with E-state index in [1.54, 1.807) is 20.0 Å². The summed E-state index contributed by atoms with van der Waals surface area (Å²) in [6, 6.07) is 0.862. The zero-order valence-corrected chi connectivity index (χ0v) is 11.4. The lowest BCUT2D eigenvalue weighted by atomic mass is 10.2. The molecule has 0 bridgehead atoms. The van der Waals surface area contributed by atoms with Crippen LogP contribution in [-0.2, 0) is 0 Å². The third-order valence-corrected chi connectivity index (χ3v) is 2.73. The van der Waals surface area contributed by atoms with Crippen molar-refractivity contribution >= 4 is 11.7 Å². The van der Waals surface area contributed by atoms with Crippen molar-refractivity contribution in [3.8, 4) is 0 Å². The van der Waals surface area contributed by atoms with Crippen molar-refractivity contribution < 1.29 is 13.6 Å². The van der Waals surface area contributed by atoms with E-state index in [0.717, 1.165) is 0 Å². The van der Waals surface area contributed by atoms with E-state index in [1.807, 2.05) is 0 Å². The van der Waals surface area contributed by atoms with Crippen molar-refractivity contribution in [3.05, 3.63) is 41.5 Å². The van der Waals surface area contributed by atoms with Crippen LogP contribution in [-0.4, -0.2) is 22.9 Å². The minimum absolute atomic E-state index is 0.0253. The number of carbonyl (C=O) groups excluding carboxylic acids is 1. The van der Waals surface area contributed by atoms with Crippen LogP contribution in [0.2, 0.25) is 0 Å². The SMILES string of the molecule is CNc1nccc(C(=O)NC(C)c2ncc(C)o2)c1F. The highest BCUT2D eigenvalue weighted by Crippen LogP contribution is 2.17. The molecule has 0 aliphatic carbocycles. The molecule has 0 aromatic carbocycles. The number of anilines is 1. The number of halogens is 1. The minimum atomic E-state index is -0.691. The Morgan fingerprint density at radius 2 is 2.20 bits per heavy atom. The van der Waals surface area contributed by atoms with Crippen LogP contribution in [0.25, 0.3) is 0 Å². The van der Waals surface area contributed by atoms with Crippen molar-refractivity contribution in [3.63, 3.8) is 0 Å². The molecule has 2 aromatic heterocycles. The van der Waals surface area contributed by atoms with E-state index >= 15 is 0 Å². The van der Waals surface area contributed by atoms with Crippen LogP contribution < -0.4 is 10.6 Å². The van der Waals surface area contributed by atoms with Gasteiger partial charge in [0.25, 0.3) is 5.91 Å². The molecule has 0 saturated carbocycles. The zero-order chi connectivity index (χ0) is 14.7. The Hall–Kier alpha value is -2.44. The van der Waals surface area contributed by atoms with Crippen LogP contribution in [0, 0.1) is 12.7 Å². The van der Waals surface area contributed by atoms with Gasteiger partial charge in [-0.05, 0) is 19.9 Å². The van der Waals surface area contributed by atoms with Crippen molar-refractivity contribution in [2.45, 2.75) is 19.9 Å². The lowest BCUT2D eigenvalue weighted by Crippen LogP contribution is -2.28. The van der Waals surface area contributed by atoms with Crippen LogP contribution in [0.15, 0.2) is 22.9 Å². The van der Waals surface area contributed by atoms with Crippen molar-refractivity contribution in [2.24, 2.45) is 0 Å². The van der Waals surface area contributed by atoms with Gasteiger partial charge < -0.3 is 15.1 Å².